The van der Waals surface area contributed by atoms with Crippen LogP contribution in [0.1, 0.15) is 27.3 Å². The minimum Gasteiger partial charge on any atom is -0.487 e. The number of aryl methyl sites for hydroxylation is 1. The number of hydrogen-bond donors (Lipinski definition) is 0. The van der Waals surface area contributed by atoms with Crippen molar-refractivity contribution in [3.8, 4) is 5.75 Å². The van der Waals surface area contributed by atoms with E-state index in [4.69, 9.17) is 16.3 Å². The highest BCUT2D eigenvalue weighted by atomic mass is 35.5. The van der Waals surface area contributed by atoms with Crippen LogP contribution in [0, 0.1) is 6.92 Å². The first-order valence-electron chi connectivity index (χ1n) is 8.04. The van der Waals surface area contributed by atoms with Crippen molar-refractivity contribution in [1.29, 1.82) is 0 Å². The van der Waals surface area contributed by atoms with Gasteiger partial charge in [0.25, 0.3) is 5.91 Å². The molecule has 1 heterocycles. The molecule has 0 bridgehead atoms. The van der Waals surface area contributed by atoms with Crippen LogP contribution in [-0.4, -0.2) is 26.6 Å². The largest absolute Gasteiger partial charge is 0.487 e. The number of hydrogen-bond acceptors (Lipinski definition) is 5. The maximum atomic E-state index is 12.6. The summed E-state index contributed by atoms with van der Waals surface area (Å²) < 4.78 is 14.0. The molecule has 0 saturated carbocycles. The number of nitrogens with zero attached hydrogens (tertiary/aromatic N) is 3. The molecule has 0 aliphatic carbocycles. The Hall–Kier alpha value is -2.44. The third-order valence-electron chi connectivity index (χ3n) is 3.90. The lowest BCUT2D eigenvalue weighted by molar-refractivity contribution is 0.0785. The molecule has 5 nitrogen and oxygen atoms in total. The van der Waals surface area contributed by atoms with Gasteiger partial charge in [0.2, 0.25) is 0 Å². The number of aromatic nitrogens is 2. The van der Waals surface area contributed by atoms with Gasteiger partial charge in [-0.1, -0.05) is 23.7 Å². The molecule has 0 atom stereocenters. The average molecular weight is 388 g/mol. The molecule has 3 rings (SSSR count). The summed E-state index contributed by atoms with van der Waals surface area (Å²) >= 11 is 7.06. The first-order chi connectivity index (χ1) is 12.5. The Labute approximate surface area is 161 Å². The van der Waals surface area contributed by atoms with E-state index >= 15 is 0 Å². The number of halogens is 1. The van der Waals surface area contributed by atoms with Crippen molar-refractivity contribution in [2.75, 3.05) is 7.05 Å². The molecule has 1 aromatic heterocycles. The lowest BCUT2D eigenvalue weighted by Crippen LogP contribution is -2.26. The van der Waals surface area contributed by atoms with Gasteiger partial charge in [-0.3, -0.25) is 4.79 Å². The Morgan fingerprint density at radius 1 is 1.12 bits per heavy atom. The third kappa shape index (κ3) is 4.59. The zero-order valence-corrected chi connectivity index (χ0v) is 16.0. The fourth-order valence-corrected chi connectivity index (χ4v) is 3.06. The Balaban J connectivity index is 1.59. The van der Waals surface area contributed by atoms with Crippen LogP contribution < -0.4 is 4.74 Å². The average Bonchev–Trinajstić information content (AvgIpc) is 3.06. The first kappa shape index (κ1) is 18.4. The fourth-order valence-electron chi connectivity index (χ4n) is 2.38. The lowest BCUT2D eigenvalue weighted by atomic mass is 10.1. The smallest absolute Gasteiger partial charge is 0.253 e. The standard InChI is InChI=1S/C19H18ClN3O2S/c1-13-18(22-26-21-13)12-25-17-9-5-15(6-10-17)19(24)23(2)11-14-3-7-16(20)8-4-14/h3-10H,11-12H2,1-2H3. The van der Waals surface area contributed by atoms with Crippen LogP contribution in [0.15, 0.2) is 48.5 Å². The number of benzene rings is 2. The Kier molecular flexibility index (Phi) is 5.85. The van der Waals surface area contributed by atoms with Gasteiger partial charge >= 0.3 is 0 Å². The summed E-state index contributed by atoms with van der Waals surface area (Å²) in [5.41, 5.74) is 3.35. The molecule has 0 unspecified atom stereocenters. The molecule has 26 heavy (non-hydrogen) atoms. The van der Waals surface area contributed by atoms with Crippen molar-refractivity contribution >= 4 is 29.2 Å². The van der Waals surface area contributed by atoms with Crippen molar-refractivity contribution in [3.63, 3.8) is 0 Å². The second kappa shape index (κ2) is 8.29. The Morgan fingerprint density at radius 2 is 1.81 bits per heavy atom. The molecule has 0 radical (unpaired) electrons. The van der Waals surface area contributed by atoms with Crippen LogP contribution in [0.4, 0.5) is 0 Å². The Bertz CT molecular complexity index is 879. The lowest BCUT2D eigenvalue weighted by Gasteiger charge is -2.17. The van der Waals surface area contributed by atoms with E-state index in [0.29, 0.717) is 29.5 Å². The molecule has 3 aromatic rings. The highest BCUT2D eigenvalue weighted by Gasteiger charge is 2.12. The summed E-state index contributed by atoms with van der Waals surface area (Å²) in [6.45, 7) is 2.79. The van der Waals surface area contributed by atoms with Gasteiger partial charge in [-0.15, -0.1) is 0 Å². The van der Waals surface area contributed by atoms with Crippen molar-refractivity contribution in [1.82, 2.24) is 13.6 Å². The van der Waals surface area contributed by atoms with E-state index in [1.165, 1.54) is 11.7 Å². The van der Waals surface area contributed by atoms with Crippen LogP contribution in [-0.2, 0) is 13.2 Å². The predicted molar refractivity (Wildman–Crippen MR) is 103 cm³/mol. The van der Waals surface area contributed by atoms with E-state index in [-0.39, 0.29) is 5.91 Å². The van der Waals surface area contributed by atoms with Crippen molar-refractivity contribution in [2.45, 2.75) is 20.1 Å². The van der Waals surface area contributed by atoms with Gasteiger partial charge in [0.15, 0.2) is 0 Å². The van der Waals surface area contributed by atoms with Gasteiger partial charge in [0, 0.05) is 24.2 Å². The van der Waals surface area contributed by atoms with Gasteiger partial charge in [0.1, 0.15) is 18.1 Å². The minimum absolute atomic E-state index is 0.0500. The molecule has 1 amide bonds. The minimum atomic E-state index is -0.0500. The number of carbonyl (C=O) groups is 1. The zero-order chi connectivity index (χ0) is 18.5. The number of carbonyl (C=O) groups excluding carboxylic acids is 1. The van der Waals surface area contributed by atoms with Gasteiger partial charge < -0.3 is 9.64 Å². The molecule has 0 spiro atoms. The number of rotatable bonds is 6. The van der Waals surface area contributed by atoms with E-state index in [9.17, 15) is 4.79 Å². The van der Waals surface area contributed by atoms with E-state index < -0.39 is 0 Å². The summed E-state index contributed by atoms with van der Waals surface area (Å²) in [5, 5.41) is 0.682. The molecule has 0 saturated heterocycles. The molecule has 0 aliphatic rings. The van der Waals surface area contributed by atoms with Crippen LogP contribution >= 0.6 is 23.3 Å². The molecule has 134 valence electrons. The predicted octanol–water partition coefficient (Wildman–Crippen LogP) is 4.35. The molecule has 0 N–H and O–H groups in total. The van der Waals surface area contributed by atoms with Crippen molar-refractivity contribution < 1.29 is 9.53 Å². The molecule has 2 aromatic carbocycles. The van der Waals surface area contributed by atoms with Crippen LogP contribution in [0.5, 0.6) is 5.75 Å². The molecule has 7 heteroatoms. The number of ether oxygens (including phenoxy) is 1. The highest BCUT2D eigenvalue weighted by Crippen LogP contribution is 2.17. The van der Waals surface area contributed by atoms with Gasteiger partial charge in [-0.05, 0) is 48.9 Å². The van der Waals surface area contributed by atoms with Gasteiger partial charge in [0.05, 0.1) is 17.4 Å². The number of amides is 1. The van der Waals surface area contributed by atoms with Crippen LogP contribution in [0.2, 0.25) is 5.02 Å². The summed E-state index contributed by atoms with van der Waals surface area (Å²) in [7, 11) is 1.78. The quantitative estimate of drug-likeness (QED) is 0.631. The maximum absolute atomic E-state index is 12.6. The van der Waals surface area contributed by atoms with E-state index in [2.05, 4.69) is 8.75 Å². The SMILES string of the molecule is Cc1nsnc1COc1ccc(C(=O)N(C)Cc2ccc(Cl)cc2)cc1. The van der Waals surface area contributed by atoms with E-state index in [0.717, 1.165) is 17.0 Å². The monoisotopic (exact) mass is 387 g/mol. The Morgan fingerprint density at radius 3 is 2.42 bits per heavy atom. The normalized spacial score (nSPS) is 10.6. The molecule has 0 fully saturated rings. The van der Waals surface area contributed by atoms with Crippen molar-refractivity contribution in [3.05, 3.63) is 76.1 Å². The third-order valence-corrected chi connectivity index (χ3v) is 4.81. The van der Waals surface area contributed by atoms with Gasteiger partial charge in [-0.2, -0.15) is 8.75 Å². The summed E-state index contributed by atoms with van der Waals surface area (Å²) in [6.07, 6.45) is 0. The second-order valence-corrected chi connectivity index (χ2v) is 6.86. The first-order valence-corrected chi connectivity index (χ1v) is 9.14. The highest BCUT2D eigenvalue weighted by molar-refractivity contribution is 6.99. The summed E-state index contributed by atoms with van der Waals surface area (Å²) in [6, 6.07) is 14.6. The topological polar surface area (TPSA) is 55.3 Å². The zero-order valence-electron chi connectivity index (χ0n) is 14.5. The molecular weight excluding hydrogens is 370 g/mol. The van der Waals surface area contributed by atoms with Crippen LogP contribution in [0.25, 0.3) is 0 Å². The van der Waals surface area contributed by atoms with Crippen LogP contribution in [0.3, 0.4) is 0 Å². The fraction of sp³-hybridized carbons (Fsp3) is 0.211. The maximum Gasteiger partial charge on any atom is 0.253 e. The molecular formula is C19H18ClN3O2S. The second-order valence-electron chi connectivity index (χ2n) is 5.90. The van der Waals surface area contributed by atoms with E-state index in [1.54, 1.807) is 36.2 Å². The summed E-state index contributed by atoms with van der Waals surface area (Å²) in [5.74, 6) is 0.639. The summed E-state index contributed by atoms with van der Waals surface area (Å²) in [4.78, 5) is 14.2. The molecule has 0 aliphatic heterocycles. The van der Waals surface area contributed by atoms with Gasteiger partial charge in [-0.25, -0.2) is 0 Å². The van der Waals surface area contributed by atoms with Crippen molar-refractivity contribution in [2.24, 2.45) is 0 Å². The van der Waals surface area contributed by atoms with E-state index in [1.807, 2.05) is 31.2 Å².